The van der Waals surface area contributed by atoms with Crippen LogP contribution in [0, 0.1) is 5.82 Å². The Labute approximate surface area is 178 Å². The molecule has 1 heterocycles. The third kappa shape index (κ3) is 4.16. The van der Waals surface area contributed by atoms with Crippen LogP contribution in [0.1, 0.15) is 35.4 Å². The molecular weight excluding hydrogens is 403 g/mol. The zero-order valence-electron chi connectivity index (χ0n) is 16.3. The van der Waals surface area contributed by atoms with Gasteiger partial charge in [-0.1, -0.05) is 42.5 Å². The van der Waals surface area contributed by atoms with Gasteiger partial charge in [-0.2, -0.15) is 0 Å². The highest BCUT2D eigenvalue weighted by atomic mass is 32.2. The van der Waals surface area contributed by atoms with Crippen LogP contribution in [0.3, 0.4) is 0 Å². The smallest absolute Gasteiger partial charge is 0.293 e. The Hall–Kier alpha value is -2.93. The molecule has 0 aromatic heterocycles. The molecule has 2 aromatic rings. The maximum atomic E-state index is 13.8. The Kier molecular flexibility index (Phi) is 5.99. The molecule has 1 saturated heterocycles. The molecule has 1 fully saturated rings. The maximum absolute atomic E-state index is 13.8. The van der Waals surface area contributed by atoms with Crippen molar-refractivity contribution >= 4 is 34.9 Å². The fourth-order valence-corrected chi connectivity index (χ4v) is 4.72. The van der Waals surface area contributed by atoms with Crippen LogP contribution in [0.15, 0.2) is 53.4 Å². The number of thioether (sulfide) groups is 1. The number of rotatable bonds is 5. The number of benzene rings is 2. The second-order valence-electron chi connectivity index (χ2n) is 7.29. The number of carbonyl (C=O) groups excluding carboxylic acids is 3. The number of nitrogens with zero attached hydrogens (tertiary/aromatic N) is 1. The van der Waals surface area contributed by atoms with Gasteiger partial charge in [-0.15, -0.1) is 0 Å². The van der Waals surface area contributed by atoms with Crippen molar-refractivity contribution in [1.82, 2.24) is 10.2 Å². The highest BCUT2D eigenvalue weighted by Gasteiger charge is 2.35. The summed E-state index contributed by atoms with van der Waals surface area (Å²) in [5, 5.41) is 2.44. The van der Waals surface area contributed by atoms with Crippen LogP contribution >= 0.6 is 11.8 Å². The Morgan fingerprint density at radius 1 is 1.17 bits per heavy atom. The number of imide groups is 1. The van der Waals surface area contributed by atoms with Gasteiger partial charge in [-0.3, -0.25) is 19.3 Å². The number of amides is 3. The van der Waals surface area contributed by atoms with Gasteiger partial charge in [0.05, 0.1) is 10.8 Å². The van der Waals surface area contributed by atoms with Gasteiger partial charge < -0.3 is 5.32 Å². The van der Waals surface area contributed by atoms with E-state index in [2.05, 4.69) is 11.4 Å². The van der Waals surface area contributed by atoms with E-state index in [4.69, 9.17) is 0 Å². The lowest BCUT2D eigenvalue weighted by Gasteiger charge is -2.25. The molecule has 30 heavy (non-hydrogen) atoms. The van der Waals surface area contributed by atoms with Crippen molar-refractivity contribution in [2.45, 2.75) is 25.2 Å². The van der Waals surface area contributed by atoms with Gasteiger partial charge in [0.2, 0.25) is 5.91 Å². The molecule has 5 nitrogen and oxygen atoms in total. The Bertz CT molecular complexity index is 1040. The standard InChI is InChI=1S/C23H21FN2O3S/c24-19-11-4-2-7-16(19)14-20-22(28)26(23(29)30-20)13-12-25-21(27)18-10-5-8-15-6-1-3-9-17(15)18/h1-4,6-7,9,11,14,18H,5,8,10,12-13H2,(H,25,27)/b20-14-. The zero-order chi connectivity index (χ0) is 21.1. The summed E-state index contributed by atoms with van der Waals surface area (Å²) in [7, 11) is 0. The molecule has 2 aromatic carbocycles. The number of carbonyl (C=O) groups is 3. The lowest BCUT2D eigenvalue weighted by molar-refractivity contribution is -0.125. The average Bonchev–Trinajstić information content (AvgIpc) is 3.02. The molecule has 1 atom stereocenters. The second kappa shape index (κ2) is 8.83. The first-order valence-corrected chi connectivity index (χ1v) is 10.7. The highest BCUT2D eigenvalue weighted by molar-refractivity contribution is 8.18. The van der Waals surface area contributed by atoms with Gasteiger partial charge in [-0.05, 0) is 54.3 Å². The first kappa shape index (κ1) is 20.3. The van der Waals surface area contributed by atoms with E-state index in [-0.39, 0.29) is 35.4 Å². The van der Waals surface area contributed by atoms with Gasteiger partial charge >= 0.3 is 0 Å². The van der Waals surface area contributed by atoms with Crippen molar-refractivity contribution in [3.05, 3.63) is 75.9 Å². The summed E-state index contributed by atoms with van der Waals surface area (Å²) in [6, 6.07) is 14.0. The van der Waals surface area contributed by atoms with Crippen molar-refractivity contribution in [2.75, 3.05) is 13.1 Å². The molecule has 0 radical (unpaired) electrons. The van der Waals surface area contributed by atoms with Crippen molar-refractivity contribution in [3.63, 3.8) is 0 Å². The van der Waals surface area contributed by atoms with Crippen molar-refractivity contribution in [3.8, 4) is 0 Å². The largest absolute Gasteiger partial charge is 0.354 e. The fraction of sp³-hybridized carbons (Fsp3) is 0.261. The van der Waals surface area contributed by atoms with E-state index in [1.807, 2.05) is 18.2 Å². The quantitative estimate of drug-likeness (QED) is 0.734. The van der Waals surface area contributed by atoms with Gasteiger partial charge in [-0.25, -0.2) is 4.39 Å². The highest BCUT2D eigenvalue weighted by Crippen LogP contribution is 2.33. The van der Waals surface area contributed by atoms with Crippen LogP contribution in [-0.4, -0.2) is 35.0 Å². The summed E-state index contributed by atoms with van der Waals surface area (Å²) in [4.78, 5) is 38.7. The lowest BCUT2D eigenvalue weighted by atomic mass is 9.82. The normalized spacial score (nSPS) is 19.8. The Morgan fingerprint density at radius 2 is 1.93 bits per heavy atom. The minimum atomic E-state index is -0.467. The predicted octanol–water partition coefficient (Wildman–Crippen LogP) is 4.10. The molecule has 1 unspecified atom stereocenters. The number of hydrogen-bond donors (Lipinski definition) is 1. The maximum Gasteiger partial charge on any atom is 0.293 e. The minimum Gasteiger partial charge on any atom is -0.354 e. The number of nitrogens with one attached hydrogen (secondary N) is 1. The molecule has 0 saturated carbocycles. The number of halogens is 1. The Morgan fingerprint density at radius 3 is 2.77 bits per heavy atom. The molecule has 0 bridgehead atoms. The third-order valence-corrected chi connectivity index (χ3v) is 6.29. The molecule has 4 rings (SSSR count). The van der Waals surface area contributed by atoms with E-state index < -0.39 is 17.0 Å². The molecule has 1 N–H and O–H groups in total. The predicted molar refractivity (Wildman–Crippen MR) is 114 cm³/mol. The van der Waals surface area contributed by atoms with E-state index in [1.54, 1.807) is 18.2 Å². The van der Waals surface area contributed by atoms with Crippen molar-refractivity contribution in [2.24, 2.45) is 0 Å². The number of fused-ring (bicyclic) bond motifs is 1. The SMILES string of the molecule is O=C(NCCN1C(=O)S/C(=C\c2ccccc2F)C1=O)C1CCCc2ccccc21. The molecule has 1 aliphatic heterocycles. The van der Waals surface area contributed by atoms with Crippen LogP contribution in [0.4, 0.5) is 9.18 Å². The molecule has 154 valence electrons. The first-order chi connectivity index (χ1) is 14.5. The minimum absolute atomic E-state index is 0.0827. The van der Waals surface area contributed by atoms with Crippen LogP contribution in [0.25, 0.3) is 6.08 Å². The van der Waals surface area contributed by atoms with Gasteiger partial charge in [0.25, 0.3) is 11.1 Å². The summed E-state index contributed by atoms with van der Waals surface area (Å²) in [6.45, 7) is 0.266. The lowest BCUT2D eigenvalue weighted by Crippen LogP contribution is -2.39. The van der Waals surface area contributed by atoms with Crippen LogP contribution in [0.2, 0.25) is 0 Å². The molecular formula is C23H21FN2O3S. The van der Waals surface area contributed by atoms with Gasteiger partial charge in [0.1, 0.15) is 5.82 Å². The summed E-state index contributed by atoms with van der Waals surface area (Å²) < 4.78 is 13.8. The zero-order valence-corrected chi connectivity index (χ0v) is 17.1. The summed E-state index contributed by atoms with van der Waals surface area (Å²) in [5.41, 5.74) is 2.51. The van der Waals surface area contributed by atoms with E-state index >= 15 is 0 Å². The van der Waals surface area contributed by atoms with E-state index in [0.29, 0.717) is 0 Å². The van der Waals surface area contributed by atoms with E-state index in [9.17, 15) is 18.8 Å². The average molecular weight is 424 g/mol. The molecule has 0 spiro atoms. The number of aryl methyl sites for hydroxylation is 1. The monoisotopic (exact) mass is 424 g/mol. The van der Waals surface area contributed by atoms with Crippen LogP contribution in [-0.2, 0) is 16.0 Å². The Balaban J connectivity index is 1.37. The molecule has 3 amide bonds. The second-order valence-corrected chi connectivity index (χ2v) is 8.28. The van der Waals surface area contributed by atoms with Gasteiger partial charge in [0.15, 0.2) is 0 Å². The van der Waals surface area contributed by atoms with Gasteiger partial charge in [0, 0.05) is 18.7 Å². The summed E-state index contributed by atoms with van der Waals surface area (Å²) in [5.74, 6) is -1.21. The molecule has 7 heteroatoms. The fourth-order valence-electron chi connectivity index (χ4n) is 3.87. The van der Waals surface area contributed by atoms with Crippen LogP contribution in [0.5, 0.6) is 0 Å². The topological polar surface area (TPSA) is 66.5 Å². The molecule has 1 aliphatic carbocycles. The molecule has 2 aliphatic rings. The third-order valence-electron chi connectivity index (χ3n) is 5.39. The summed E-state index contributed by atoms with van der Waals surface area (Å²) >= 11 is 0.782. The number of hydrogen-bond acceptors (Lipinski definition) is 4. The van der Waals surface area contributed by atoms with E-state index in [0.717, 1.165) is 41.5 Å². The first-order valence-electron chi connectivity index (χ1n) is 9.90. The van der Waals surface area contributed by atoms with Crippen LogP contribution < -0.4 is 5.32 Å². The summed E-state index contributed by atoms with van der Waals surface area (Å²) in [6.07, 6.45) is 4.11. The van der Waals surface area contributed by atoms with Crippen molar-refractivity contribution in [1.29, 1.82) is 0 Å². The van der Waals surface area contributed by atoms with Crippen molar-refractivity contribution < 1.29 is 18.8 Å². The van der Waals surface area contributed by atoms with E-state index in [1.165, 1.54) is 17.7 Å².